The number of carbonyl (C=O) groups excluding carboxylic acids is 4. The number of halogens is 3. The predicted molar refractivity (Wildman–Crippen MR) is 211 cm³/mol. The molecule has 7 atom stereocenters. The predicted octanol–water partition coefficient (Wildman–Crippen LogP) is 5.42. The van der Waals surface area contributed by atoms with Crippen LogP contribution in [0, 0.1) is 5.41 Å². The number of benzene rings is 2. The third-order valence-electron chi connectivity index (χ3n) is 11.8. The van der Waals surface area contributed by atoms with Gasteiger partial charge in [-0.25, -0.2) is 4.79 Å². The van der Waals surface area contributed by atoms with Gasteiger partial charge in [0.05, 0.1) is 13.2 Å². The second-order valence-electron chi connectivity index (χ2n) is 16.2. The van der Waals surface area contributed by atoms with E-state index in [1.807, 2.05) is 30.3 Å². The highest BCUT2D eigenvalue weighted by atomic mass is 19.4. The van der Waals surface area contributed by atoms with Crippen LogP contribution in [0.1, 0.15) is 88.3 Å². The van der Waals surface area contributed by atoms with E-state index < -0.39 is 84.2 Å². The number of amides is 2. The van der Waals surface area contributed by atoms with Gasteiger partial charge in [-0.05, 0) is 35.6 Å². The lowest BCUT2D eigenvalue weighted by atomic mass is 9.62. The Kier molecular flexibility index (Phi) is 14.7. The van der Waals surface area contributed by atoms with Crippen LogP contribution in [0.25, 0.3) is 6.08 Å². The Labute approximate surface area is 348 Å². The number of likely N-dealkylation sites (N-methyl/N-ethyl adjacent to an activating group) is 1. The first-order valence-electron chi connectivity index (χ1n) is 20.9. The zero-order valence-electron chi connectivity index (χ0n) is 34.4. The minimum absolute atomic E-state index is 0.0239. The molecule has 2 aromatic rings. The van der Waals surface area contributed by atoms with E-state index in [4.69, 9.17) is 19.0 Å². The van der Waals surface area contributed by atoms with Crippen LogP contribution < -0.4 is 5.32 Å². The third kappa shape index (κ3) is 10.0. The van der Waals surface area contributed by atoms with Gasteiger partial charge < -0.3 is 34.3 Å². The van der Waals surface area contributed by atoms with Crippen molar-refractivity contribution in [2.45, 2.75) is 133 Å². The van der Waals surface area contributed by atoms with Crippen LogP contribution in [0.4, 0.5) is 13.2 Å². The summed E-state index contributed by atoms with van der Waals surface area (Å²) in [4.78, 5) is 63.9. The Morgan fingerprint density at radius 2 is 1.68 bits per heavy atom. The number of nitrogens with zero attached hydrogens (tertiary/aromatic N) is 2. The molecule has 3 aliphatic heterocycles. The van der Waals surface area contributed by atoms with E-state index in [9.17, 15) is 32.7 Å². The molecule has 4 aliphatic rings. The molecule has 1 aliphatic carbocycles. The molecule has 3 saturated heterocycles. The molecule has 60 heavy (non-hydrogen) atoms. The molecular formula is C44H56F3N3O10. The van der Waals surface area contributed by atoms with E-state index >= 15 is 4.79 Å². The topological polar surface area (TPSA) is 153 Å². The van der Waals surface area contributed by atoms with Gasteiger partial charge in [0.25, 0.3) is 0 Å². The summed E-state index contributed by atoms with van der Waals surface area (Å²) >= 11 is 0. The number of ether oxygens (including phenoxy) is 4. The lowest BCUT2D eigenvalue weighted by molar-refractivity contribution is -0.225. The van der Waals surface area contributed by atoms with Gasteiger partial charge in [0.2, 0.25) is 11.8 Å². The molecule has 0 spiro atoms. The maximum absolute atomic E-state index is 15.5. The van der Waals surface area contributed by atoms with Gasteiger partial charge in [0.1, 0.15) is 35.9 Å². The zero-order valence-corrected chi connectivity index (χ0v) is 34.4. The molecule has 6 rings (SSSR count). The third-order valence-corrected chi connectivity index (χ3v) is 11.8. The van der Waals surface area contributed by atoms with Crippen molar-refractivity contribution in [3.05, 3.63) is 77.4 Å². The van der Waals surface area contributed by atoms with E-state index in [2.05, 4.69) is 23.9 Å². The average Bonchev–Trinajstić information content (AvgIpc) is 3.78. The van der Waals surface area contributed by atoms with Crippen molar-refractivity contribution in [3.8, 4) is 0 Å². The number of carbonyl (C=O) groups is 4. The fourth-order valence-corrected chi connectivity index (χ4v) is 9.03. The van der Waals surface area contributed by atoms with Crippen LogP contribution in [-0.4, -0.2) is 114 Å². The van der Waals surface area contributed by atoms with Crippen LogP contribution in [0.3, 0.4) is 0 Å². The molecule has 3 heterocycles. The maximum atomic E-state index is 15.5. The molecule has 2 amide bonds. The Hall–Kier alpha value is -4.35. The van der Waals surface area contributed by atoms with Crippen molar-refractivity contribution < 1.29 is 61.2 Å². The Morgan fingerprint density at radius 1 is 1.00 bits per heavy atom. The molecule has 0 aromatic heterocycles. The largest absolute Gasteiger partial charge is 0.458 e. The highest BCUT2D eigenvalue weighted by Crippen LogP contribution is 2.58. The van der Waals surface area contributed by atoms with E-state index in [0.717, 1.165) is 50.2 Å². The first-order valence-corrected chi connectivity index (χ1v) is 20.9. The number of unbranched alkanes of at least 4 members (excludes halogenated alkanes) is 4. The first-order chi connectivity index (χ1) is 28.7. The van der Waals surface area contributed by atoms with Crippen molar-refractivity contribution in [3.63, 3.8) is 0 Å². The Bertz CT molecular complexity index is 1840. The Balaban J connectivity index is 1.36. The van der Waals surface area contributed by atoms with E-state index in [-0.39, 0.29) is 32.5 Å². The molecule has 7 unspecified atom stereocenters. The van der Waals surface area contributed by atoms with Crippen molar-refractivity contribution in [1.29, 1.82) is 0 Å². The van der Waals surface area contributed by atoms with Crippen LogP contribution in [-0.2, 0) is 55.9 Å². The van der Waals surface area contributed by atoms with Gasteiger partial charge in [-0.15, -0.1) is 0 Å². The van der Waals surface area contributed by atoms with Gasteiger partial charge in [0.15, 0.2) is 18.4 Å². The molecular weight excluding hydrogens is 787 g/mol. The quantitative estimate of drug-likeness (QED) is 0.0999. The second kappa shape index (κ2) is 19.6. The number of esters is 2. The maximum Gasteiger partial charge on any atom is 0.422 e. The molecule has 2 aromatic carbocycles. The second-order valence-corrected chi connectivity index (χ2v) is 16.2. The summed E-state index contributed by atoms with van der Waals surface area (Å²) in [5.74, 6) is -3.84. The van der Waals surface area contributed by atoms with Crippen LogP contribution in [0.15, 0.2) is 60.7 Å². The van der Waals surface area contributed by atoms with Crippen LogP contribution in [0.5, 0.6) is 0 Å². The van der Waals surface area contributed by atoms with Gasteiger partial charge in [-0.2, -0.15) is 18.2 Å². The van der Waals surface area contributed by atoms with Crippen molar-refractivity contribution in [1.82, 2.24) is 15.3 Å². The van der Waals surface area contributed by atoms with E-state index in [1.54, 1.807) is 24.3 Å². The van der Waals surface area contributed by atoms with Gasteiger partial charge in [-0.3, -0.25) is 19.2 Å². The number of hydroxylamine groups is 2. The number of rotatable bonds is 20. The van der Waals surface area contributed by atoms with Crippen LogP contribution >= 0.6 is 0 Å². The summed E-state index contributed by atoms with van der Waals surface area (Å²) in [5.41, 5.74) is 0.250. The number of aliphatic hydroxyl groups excluding tert-OH is 1. The fraction of sp³-hybridized carbons (Fsp3) is 0.591. The number of alkyl halides is 3. The molecule has 2 N–H and O–H groups in total. The average molecular weight is 844 g/mol. The summed E-state index contributed by atoms with van der Waals surface area (Å²) in [5, 5.41) is 13.7. The lowest BCUT2D eigenvalue weighted by Gasteiger charge is -2.50. The number of fused-ring (bicyclic) bond motifs is 4. The van der Waals surface area contributed by atoms with Gasteiger partial charge >= 0.3 is 18.1 Å². The first kappa shape index (κ1) is 45.2. The van der Waals surface area contributed by atoms with Gasteiger partial charge in [0, 0.05) is 45.4 Å². The van der Waals surface area contributed by atoms with E-state index in [1.165, 1.54) is 23.1 Å². The van der Waals surface area contributed by atoms with Crippen LogP contribution in [0.2, 0.25) is 0 Å². The molecule has 16 heteroatoms. The normalized spacial score (nSPS) is 26.1. The number of hydrogen-bond donors (Lipinski definition) is 2. The molecule has 13 nitrogen and oxygen atoms in total. The molecule has 1 saturated carbocycles. The summed E-state index contributed by atoms with van der Waals surface area (Å²) in [7, 11) is 1.54. The minimum Gasteiger partial charge on any atom is -0.458 e. The van der Waals surface area contributed by atoms with Crippen molar-refractivity contribution >= 4 is 29.8 Å². The molecule has 0 radical (unpaired) electrons. The van der Waals surface area contributed by atoms with E-state index in [0.29, 0.717) is 24.0 Å². The summed E-state index contributed by atoms with van der Waals surface area (Å²) in [6, 6.07) is 13.6. The zero-order chi connectivity index (χ0) is 43.1. The summed E-state index contributed by atoms with van der Waals surface area (Å²) in [6.07, 6.45) is 1.08. The number of aliphatic hydroxyl groups is 1. The minimum atomic E-state index is -4.67. The standard InChI is InChI=1S/C44H56F3N3O10/c1-4-6-11-20-42(21-12-7-5-2)58-35-33-26-43(41(55)49(3)32(39(53)48-22-23-51)25-29-14-9-8-10-15-29)37(40(54)57-33)50(60-38(43)36(35)59-42)27-31-17-13-16-30(24-31)18-19-34(52)56-28-44(45,46)47/h8-10,13-19,24,32-33,35-38,51H,4-7,11-12,20-23,25-28H2,1-3H3,(H,48,53). The summed E-state index contributed by atoms with van der Waals surface area (Å²) < 4.78 is 62.1. The highest BCUT2D eigenvalue weighted by molar-refractivity contribution is 5.96. The molecule has 4 fully saturated rings. The molecule has 328 valence electrons. The lowest BCUT2D eigenvalue weighted by Crippen LogP contribution is -2.70. The SMILES string of the molecule is CCCCCC1(CCCCC)OC2C3CC4(C(=O)N(C)C(Cc5ccccc5)C(=O)NCCO)C(ON(Cc5cccc(C=CC(=O)OCC(F)(F)F)c5)C4C(=O)O3)C2O1. The Morgan fingerprint density at radius 3 is 2.35 bits per heavy atom. The number of hydrogen-bond acceptors (Lipinski definition) is 11. The molecule has 2 bridgehead atoms. The smallest absolute Gasteiger partial charge is 0.422 e. The monoisotopic (exact) mass is 843 g/mol. The summed E-state index contributed by atoms with van der Waals surface area (Å²) in [6.45, 7) is 2.15. The highest BCUT2D eigenvalue weighted by Gasteiger charge is 2.76. The van der Waals surface area contributed by atoms with Crippen molar-refractivity contribution in [2.75, 3.05) is 26.8 Å². The fourth-order valence-electron chi connectivity index (χ4n) is 9.03. The number of nitrogens with one attached hydrogen (secondary N) is 1. The van der Waals surface area contributed by atoms with Gasteiger partial charge in [-0.1, -0.05) is 94.1 Å². The van der Waals surface area contributed by atoms with Crippen molar-refractivity contribution in [2.24, 2.45) is 5.41 Å².